The van der Waals surface area contributed by atoms with E-state index in [4.69, 9.17) is 0 Å². The van der Waals surface area contributed by atoms with Gasteiger partial charge in [-0.15, -0.1) is 0 Å². The summed E-state index contributed by atoms with van der Waals surface area (Å²) in [6.45, 7) is 7.05. The molecule has 0 aliphatic carbocycles. The van der Waals surface area contributed by atoms with Crippen LogP contribution in [0.4, 0.5) is 17.5 Å². The summed E-state index contributed by atoms with van der Waals surface area (Å²) >= 11 is 3.60. The largest absolute Gasteiger partial charge is 0.354 e. The fraction of sp³-hybridized carbons (Fsp3) is 0.333. The number of nitrogens with one attached hydrogen (secondary N) is 2. The molecule has 0 unspecified atom stereocenters. The first kappa shape index (κ1) is 14.8. The number of hydrogen-bond donors (Lipinski definition) is 2. The lowest BCUT2D eigenvalue weighted by Gasteiger charge is -2.12. The van der Waals surface area contributed by atoms with Crippen LogP contribution in [-0.4, -0.2) is 16.5 Å². The van der Waals surface area contributed by atoms with Crippen LogP contribution in [0, 0.1) is 13.8 Å². The monoisotopic (exact) mass is 334 g/mol. The van der Waals surface area contributed by atoms with Gasteiger partial charge in [0.1, 0.15) is 5.82 Å². The second-order valence-corrected chi connectivity index (χ2v) is 5.51. The molecule has 2 N–H and O–H groups in total. The zero-order valence-corrected chi connectivity index (χ0v) is 13.6. The fourth-order valence-corrected chi connectivity index (χ4v) is 2.13. The second kappa shape index (κ2) is 6.70. The van der Waals surface area contributed by atoms with Crippen molar-refractivity contribution in [2.24, 2.45) is 0 Å². The van der Waals surface area contributed by atoms with Crippen LogP contribution in [0.1, 0.15) is 24.5 Å². The molecule has 0 atom stereocenters. The van der Waals surface area contributed by atoms with Crippen LogP contribution in [0.5, 0.6) is 0 Å². The molecule has 106 valence electrons. The third-order valence-electron chi connectivity index (χ3n) is 2.95. The molecule has 0 spiro atoms. The summed E-state index contributed by atoms with van der Waals surface area (Å²) in [4.78, 5) is 8.81. The van der Waals surface area contributed by atoms with Gasteiger partial charge in [0, 0.05) is 22.8 Å². The summed E-state index contributed by atoms with van der Waals surface area (Å²) in [7, 11) is 0. The zero-order chi connectivity index (χ0) is 14.5. The quantitative estimate of drug-likeness (QED) is 0.849. The predicted octanol–water partition coefficient (Wildman–Crippen LogP) is 4.42. The molecule has 20 heavy (non-hydrogen) atoms. The SMILES string of the molecule is CCCNc1ncc(C)c(Nc2cccc(C)c2Br)n1. The number of benzene rings is 1. The molecule has 1 aromatic carbocycles. The van der Waals surface area contributed by atoms with E-state index < -0.39 is 0 Å². The van der Waals surface area contributed by atoms with Gasteiger partial charge in [-0.25, -0.2) is 4.98 Å². The standard InChI is InChI=1S/C15H19BrN4/c1-4-8-17-15-18-9-11(3)14(20-15)19-12-7-5-6-10(2)13(12)16/h5-7,9H,4,8H2,1-3H3,(H2,17,18,19,20). The Kier molecular flexibility index (Phi) is 4.95. The lowest BCUT2D eigenvalue weighted by molar-refractivity contribution is 0.950. The topological polar surface area (TPSA) is 49.8 Å². The molecule has 0 saturated carbocycles. The van der Waals surface area contributed by atoms with Crippen molar-refractivity contribution in [3.63, 3.8) is 0 Å². The zero-order valence-electron chi connectivity index (χ0n) is 12.0. The van der Waals surface area contributed by atoms with Crippen LogP contribution in [0.25, 0.3) is 0 Å². The second-order valence-electron chi connectivity index (χ2n) is 4.71. The highest BCUT2D eigenvalue weighted by molar-refractivity contribution is 9.10. The maximum Gasteiger partial charge on any atom is 0.224 e. The summed E-state index contributed by atoms with van der Waals surface area (Å²) in [5.41, 5.74) is 3.21. The Balaban J connectivity index is 2.26. The molecule has 2 rings (SSSR count). The van der Waals surface area contributed by atoms with Crippen LogP contribution in [-0.2, 0) is 0 Å². The van der Waals surface area contributed by atoms with Crippen LogP contribution in [0.2, 0.25) is 0 Å². The van der Waals surface area contributed by atoms with Crippen molar-refractivity contribution in [2.75, 3.05) is 17.2 Å². The Morgan fingerprint density at radius 3 is 2.75 bits per heavy atom. The van der Waals surface area contributed by atoms with Crippen LogP contribution in [0.15, 0.2) is 28.9 Å². The molecule has 4 nitrogen and oxygen atoms in total. The van der Waals surface area contributed by atoms with Gasteiger partial charge in [0.15, 0.2) is 0 Å². The first-order valence-electron chi connectivity index (χ1n) is 6.71. The highest BCUT2D eigenvalue weighted by Crippen LogP contribution is 2.29. The number of nitrogens with zero attached hydrogens (tertiary/aromatic N) is 2. The van der Waals surface area contributed by atoms with Crippen molar-refractivity contribution in [1.82, 2.24) is 9.97 Å². The first-order valence-corrected chi connectivity index (χ1v) is 7.50. The van der Waals surface area contributed by atoms with E-state index in [-0.39, 0.29) is 0 Å². The van der Waals surface area contributed by atoms with Gasteiger partial charge < -0.3 is 10.6 Å². The lowest BCUT2D eigenvalue weighted by atomic mass is 10.2. The summed E-state index contributed by atoms with van der Waals surface area (Å²) in [6, 6.07) is 6.11. The van der Waals surface area contributed by atoms with Gasteiger partial charge in [-0.1, -0.05) is 19.1 Å². The van der Waals surface area contributed by atoms with Gasteiger partial charge >= 0.3 is 0 Å². The average Bonchev–Trinajstić information content (AvgIpc) is 2.44. The highest BCUT2D eigenvalue weighted by atomic mass is 79.9. The predicted molar refractivity (Wildman–Crippen MR) is 87.7 cm³/mol. The molecule has 1 aromatic heterocycles. The molecular weight excluding hydrogens is 316 g/mol. The minimum Gasteiger partial charge on any atom is -0.354 e. The van der Waals surface area contributed by atoms with E-state index in [1.54, 1.807) is 0 Å². The minimum absolute atomic E-state index is 0.656. The molecule has 0 aliphatic heterocycles. The van der Waals surface area contributed by atoms with Gasteiger partial charge in [0.05, 0.1) is 5.69 Å². The van der Waals surface area contributed by atoms with E-state index in [0.717, 1.165) is 34.5 Å². The molecule has 0 saturated heterocycles. The van der Waals surface area contributed by atoms with Gasteiger partial charge in [0.2, 0.25) is 5.95 Å². The highest BCUT2D eigenvalue weighted by Gasteiger charge is 2.07. The van der Waals surface area contributed by atoms with E-state index in [1.165, 1.54) is 5.56 Å². The van der Waals surface area contributed by atoms with E-state index in [1.807, 2.05) is 25.3 Å². The van der Waals surface area contributed by atoms with E-state index in [9.17, 15) is 0 Å². The molecular formula is C15H19BrN4. The summed E-state index contributed by atoms with van der Waals surface area (Å²) in [6.07, 6.45) is 2.88. The van der Waals surface area contributed by atoms with Crippen molar-refractivity contribution < 1.29 is 0 Å². The van der Waals surface area contributed by atoms with Crippen molar-refractivity contribution >= 4 is 33.4 Å². The van der Waals surface area contributed by atoms with Gasteiger partial charge in [-0.2, -0.15) is 4.98 Å². The Hall–Kier alpha value is -1.62. The molecule has 2 aromatic rings. The summed E-state index contributed by atoms with van der Waals surface area (Å²) < 4.78 is 1.06. The maximum atomic E-state index is 4.52. The molecule has 0 aliphatic rings. The number of anilines is 3. The van der Waals surface area contributed by atoms with Crippen molar-refractivity contribution in [1.29, 1.82) is 0 Å². The van der Waals surface area contributed by atoms with Gasteiger partial charge in [-0.05, 0) is 47.8 Å². The van der Waals surface area contributed by atoms with Crippen LogP contribution >= 0.6 is 15.9 Å². The molecule has 0 fully saturated rings. The number of aryl methyl sites for hydroxylation is 2. The molecule has 0 amide bonds. The summed E-state index contributed by atoms with van der Waals surface area (Å²) in [5, 5.41) is 6.56. The molecule has 5 heteroatoms. The fourth-order valence-electron chi connectivity index (χ4n) is 1.76. The minimum atomic E-state index is 0.656. The van der Waals surface area contributed by atoms with Gasteiger partial charge in [0.25, 0.3) is 0 Å². The summed E-state index contributed by atoms with van der Waals surface area (Å²) in [5.74, 6) is 1.48. The van der Waals surface area contributed by atoms with E-state index >= 15 is 0 Å². The van der Waals surface area contributed by atoms with Crippen LogP contribution < -0.4 is 10.6 Å². The number of aromatic nitrogens is 2. The van der Waals surface area contributed by atoms with Crippen molar-refractivity contribution in [3.05, 3.63) is 40.0 Å². The maximum absolute atomic E-state index is 4.52. The van der Waals surface area contributed by atoms with E-state index in [2.05, 4.69) is 56.4 Å². The van der Waals surface area contributed by atoms with Gasteiger partial charge in [-0.3, -0.25) is 0 Å². The Morgan fingerprint density at radius 2 is 2.00 bits per heavy atom. The van der Waals surface area contributed by atoms with Crippen molar-refractivity contribution in [3.8, 4) is 0 Å². The van der Waals surface area contributed by atoms with Crippen molar-refractivity contribution in [2.45, 2.75) is 27.2 Å². The third-order valence-corrected chi connectivity index (χ3v) is 4.00. The Labute approximate surface area is 128 Å². The molecule has 0 bridgehead atoms. The number of rotatable bonds is 5. The van der Waals surface area contributed by atoms with Crippen LogP contribution in [0.3, 0.4) is 0 Å². The molecule has 0 radical (unpaired) electrons. The number of halogens is 1. The average molecular weight is 335 g/mol. The Bertz CT molecular complexity index is 598. The smallest absolute Gasteiger partial charge is 0.224 e. The molecule has 1 heterocycles. The Morgan fingerprint density at radius 1 is 1.20 bits per heavy atom. The first-order chi connectivity index (χ1) is 9.61. The normalized spacial score (nSPS) is 10.4. The van der Waals surface area contributed by atoms with E-state index in [0.29, 0.717) is 5.95 Å². The third kappa shape index (κ3) is 3.48. The lowest BCUT2D eigenvalue weighted by Crippen LogP contribution is -2.07. The number of hydrogen-bond acceptors (Lipinski definition) is 4.